The molecule has 2 aromatic rings. The lowest BCUT2D eigenvalue weighted by Gasteiger charge is -2.10. The minimum Gasteiger partial charge on any atom is -0.506 e. The number of amides is 1. The van der Waals surface area contributed by atoms with E-state index in [1.807, 2.05) is 13.0 Å². The van der Waals surface area contributed by atoms with E-state index in [0.717, 1.165) is 5.56 Å². The van der Waals surface area contributed by atoms with Gasteiger partial charge in [-0.1, -0.05) is 18.2 Å². The van der Waals surface area contributed by atoms with Crippen LogP contribution in [0, 0.1) is 6.92 Å². The molecule has 4 heteroatoms. The molecule has 2 N–H and O–H groups in total. The predicted octanol–water partition coefficient (Wildman–Crippen LogP) is 2.96. The Hall–Kier alpha value is -2.49. The SMILES string of the molecule is COc1ccccc1C(=O)Nc1ccc(C)cc1O. The van der Waals surface area contributed by atoms with Crippen molar-refractivity contribution in [3.63, 3.8) is 0 Å². The summed E-state index contributed by atoms with van der Waals surface area (Å²) in [6.45, 7) is 1.87. The van der Waals surface area contributed by atoms with Crippen LogP contribution >= 0.6 is 0 Å². The zero-order chi connectivity index (χ0) is 13.8. The highest BCUT2D eigenvalue weighted by atomic mass is 16.5. The molecule has 0 radical (unpaired) electrons. The van der Waals surface area contributed by atoms with Crippen LogP contribution in [-0.2, 0) is 0 Å². The van der Waals surface area contributed by atoms with Crippen molar-refractivity contribution < 1.29 is 14.6 Å². The number of rotatable bonds is 3. The molecule has 0 saturated heterocycles. The molecule has 0 unspecified atom stereocenters. The van der Waals surface area contributed by atoms with Gasteiger partial charge in [0.1, 0.15) is 11.5 Å². The number of phenolic OH excluding ortho intramolecular Hbond substituents is 1. The van der Waals surface area contributed by atoms with Gasteiger partial charge in [0, 0.05) is 0 Å². The van der Waals surface area contributed by atoms with Crippen LogP contribution < -0.4 is 10.1 Å². The molecule has 0 aliphatic rings. The fourth-order valence-corrected chi connectivity index (χ4v) is 1.77. The second-order valence-corrected chi connectivity index (χ2v) is 4.18. The minimum absolute atomic E-state index is 0.0447. The molecule has 0 bridgehead atoms. The fraction of sp³-hybridized carbons (Fsp3) is 0.133. The van der Waals surface area contributed by atoms with Crippen molar-refractivity contribution in [2.75, 3.05) is 12.4 Å². The molecule has 0 heterocycles. The number of aryl methyl sites for hydroxylation is 1. The molecule has 2 rings (SSSR count). The van der Waals surface area contributed by atoms with Crippen molar-refractivity contribution in [2.24, 2.45) is 0 Å². The third kappa shape index (κ3) is 2.85. The van der Waals surface area contributed by atoms with Crippen LogP contribution in [0.3, 0.4) is 0 Å². The van der Waals surface area contributed by atoms with Crippen molar-refractivity contribution >= 4 is 11.6 Å². The van der Waals surface area contributed by atoms with Crippen LogP contribution in [0.25, 0.3) is 0 Å². The zero-order valence-electron chi connectivity index (χ0n) is 10.8. The summed E-state index contributed by atoms with van der Waals surface area (Å²) >= 11 is 0. The number of carbonyl (C=O) groups excluding carboxylic acids is 1. The van der Waals surface area contributed by atoms with Crippen LogP contribution in [0.4, 0.5) is 5.69 Å². The molecule has 0 aromatic heterocycles. The van der Waals surface area contributed by atoms with Gasteiger partial charge in [-0.25, -0.2) is 0 Å². The van der Waals surface area contributed by atoms with Crippen molar-refractivity contribution in [1.29, 1.82) is 0 Å². The Labute approximate surface area is 111 Å². The summed E-state index contributed by atoms with van der Waals surface area (Å²) in [5.74, 6) is 0.214. The molecule has 1 amide bonds. The highest BCUT2D eigenvalue weighted by molar-refractivity contribution is 6.06. The summed E-state index contributed by atoms with van der Waals surface area (Å²) in [6.07, 6.45) is 0. The number of aromatic hydroxyl groups is 1. The van der Waals surface area contributed by atoms with Gasteiger partial charge in [-0.15, -0.1) is 0 Å². The smallest absolute Gasteiger partial charge is 0.259 e. The quantitative estimate of drug-likeness (QED) is 0.831. The first-order valence-corrected chi connectivity index (χ1v) is 5.86. The van der Waals surface area contributed by atoms with Crippen LogP contribution in [-0.4, -0.2) is 18.1 Å². The lowest BCUT2D eigenvalue weighted by molar-refractivity contribution is 0.102. The number of para-hydroxylation sites is 1. The first-order valence-electron chi connectivity index (χ1n) is 5.86. The van der Waals surface area contributed by atoms with Gasteiger partial charge >= 0.3 is 0 Å². The maximum atomic E-state index is 12.1. The van der Waals surface area contributed by atoms with Gasteiger partial charge in [-0.05, 0) is 36.8 Å². The van der Waals surface area contributed by atoms with Crippen molar-refractivity contribution in [1.82, 2.24) is 0 Å². The van der Waals surface area contributed by atoms with Gasteiger partial charge in [0.2, 0.25) is 0 Å². The fourth-order valence-electron chi connectivity index (χ4n) is 1.77. The average molecular weight is 257 g/mol. The average Bonchev–Trinajstić information content (AvgIpc) is 2.41. The number of hydrogen-bond donors (Lipinski definition) is 2. The third-order valence-corrected chi connectivity index (χ3v) is 2.75. The van der Waals surface area contributed by atoms with Crippen LogP contribution in [0.5, 0.6) is 11.5 Å². The van der Waals surface area contributed by atoms with Gasteiger partial charge in [0.15, 0.2) is 0 Å². The summed E-state index contributed by atoms with van der Waals surface area (Å²) in [5.41, 5.74) is 1.72. The zero-order valence-corrected chi connectivity index (χ0v) is 10.8. The molecular formula is C15H15NO3. The molecule has 0 fully saturated rings. The third-order valence-electron chi connectivity index (χ3n) is 2.75. The van der Waals surface area contributed by atoms with Gasteiger partial charge in [0.05, 0.1) is 18.4 Å². The topological polar surface area (TPSA) is 58.6 Å². The molecular weight excluding hydrogens is 242 g/mol. The van der Waals surface area contributed by atoms with E-state index < -0.39 is 0 Å². The van der Waals surface area contributed by atoms with E-state index in [1.165, 1.54) is 7.11 Å². The second-order valence-electron chi connectivity index (χ2n) is 4.18. The van der Waals surface area contributed by atoms with Gasteiger partial charge in [0.25, 0.3) is 5.91 Å². The van der Waals surface area contributed by atoms with Gasteiger partial charge < -0.3 is 15.2 Å². The Morgan fingerprint density at radius 3 is 2.63 bits per heavy atom. The maximum absolute atomic E-state index is 12.1. The number of methoxy groups -OCH3 is 1. The number of hydrogen-bond acceptors (Lipinski definition) is 3. The Balaban J connectivity index is 2.26. The highest BCUT2D eigenvalue weighted by Gasteiger charge is 2.13. The summed E-state index contributed by atoms with van der Waals surface area (Å²) in [5, 5.41) is 12.4. The Bertz CT molecular complexity index is 608. The standard InChI is InChI=1S/C15H15NO3/c1-10-7-8-12(13(17)9-10)16-15(18)11-5-3-4-6-14(11)19-2/h3-9,17H,1-2H3,(H,16,18). The van der Waals surface area contributed by atoms with Crippen molar-refractivity contribution in [3.05, 3.63) is 53.6 Å². The molecule has 19 heavy (non-hydrogen) atoms. The predicted molar refractivity (Wildman–Crippen MR) is 73.8 cm³/mol. The van der Waals surface area contributed by atoms with E-state index in [1.54, 1.807) is 36.4 Å². The van der Waals surface area contributed by atoms with E-state index >= 15 is 0 Å². The lowest BCUT2D eigenvalue weighted by atomic mass is 10.1. The number of anilines is 1. The van der Waals surface area contributed by atoms with Crippen LogP contribution in [0.15, 0.2) is 42.5 Å². The molecule has 0 spiro atoms. The molecule has 2 aromatic carbocycles. The minimum atomic E-state index is -0.323. The number of carbonyl (C=O) groups is 1. The first-order chi connectivity index (χ1) is 9.11. The number of nitrogens with one attached hydrogen (secondary N) is 1. The Kier molecular flexibility index (Phi) is 3.71. The molecule has 4 nitrogen and oxygen atoms in total. The largest absolute Gasteiger partial charge is 0.506 e. The van der Waals surface area contributed by atoms with Crippen LogP contribution in [0.1, 0.15) is 15.9 Å². The van der Waals surface area contributed by atoms with E-state index in [0.29, 0.717) is 17.0 Å². The first kappa shape index (κ1) is 13.0. The summed E-state index contributed by atoms with van der Waals surface area (Å²) in [6, 6.07) is 12.0. The van der Waals surface area contributed by atoms with Crippen molar-refractivity contribution in [3.8, 4) is 11.5 Å². The van der Waals surface area contributed by atoms with Gasteiger partial charge in [-0.3, -0.25) is 4.79 Å². The number of benzene rings is 2. The summed E-state index contributed by atoms with van der Waals surface area (Å²) in [7, 11) is 1.51. The number of ether oxygens (including phenoxy) is 1. The molecule has 0 aliphatic heterocycles. The number of phenols is 1. The molecule has 98 valence electrons. The van der Waals surface area contributed by atoms with E-state index in [-0.39, 0.29) is 11.7 Å². The summed E-state index contributed by atoms with van der Waals surface area (Å²) in [4.78, 5) is 12.1. The van der Waals surface area contributed by atoms with Gasteiger partial charge in [-0.2, -0.15) is 0 Å². The monoisotopic (exact) mass is 257 g/mol. The molecule has 0 atom stereocenters. The van der Waals surface area contributed by atoms with E-state index in [9.17, 15) is 9.90 Å². The molecule has 0 saturated carbocycles. The van der Waals surface area contributed by atoms with E-state index in [2.05, 4.69) is 5.32 Å². The lowest BCUT2D eigenvalue weighted by Crippen LogP contribution is -2.13. The van der Waals surface area contributed by atoms with Crippen LogP contribution in [0.2, 0.25) is 0 Å². The van der Waals surface area contributed by atoms with E-state index in [4.69, 9.17) is 4.74 Å². The molecule has 0 aliphatic carbocycles. The summed E-state index contributed by atoms with van der Waals surface area (Å²) < 4.78 is 5.13. The van der Waals surface area contributed by atoms with Crippen molar-refractivity contribution in [2.45, 2.75) is 6.92 Å². The normalized spacial score (nSPS) is 10.0. The highest BCUT2D eigenvalue weighted by Crippen LogP contribution is 2.26. The Morgan fingerprint density at radius 1 is 1.21 bits per heavy atom. The Morgan fingerprint density at radius 2 is 1.95 bits per heavy atom. The maximum Gasteiger partial charge on any atom is 0.259 e. The second kappa shape index (κ2) is 5.44.